The summed E-state index contributed by atoms with van der Waals surface area (Å²) < 4.78 is 5.42. The first kappa shape index (κ1) is 14.7. The van der Waals surface area contributed by atoms with E-state index in [0.29, 0.717) is 18.4 Å². The summed E-state index contributed by atoms with van der Waals surface area (Å²) in [5.74, 6) is 2.66. The van der Waals surface area contributed by atoms with Crippen molar-refractivity contribution in [1.82, 2.24) is 15.1 Å². The van der Waals surface area contributed by atoms with E-state index in [1.807, 2.05) is 5.38 Å². The molecule has 1 saturated carbocycles. The molecule has 0 aliphatic heterocycles. The summed E-state index contributed by atoms with van der Waals surface area (Å²) in [6.45, 7) is 2.88. The highest BCUT2D eigenvalue weighted by atomic mass is 32.1. The second kappa shape index (κ2) is 6.66. The van der Waals surface area contributed by atoms with Gasteiger partial charge in [-0.2, -0.15) is 4.98 Å². The van der Waals surface area contributed by atoms with Crippen molar-refractivity contribution in [1.29, 1.82) is 0 Å². The first-order valence-electron chi connectivity index (χ1n) is 7.78. The zero-order chi connectivity index (χ0) is 14.7. The molecule has 2 heterocycles. The number of nitrogens with zero attached hydrogens (tertiary/aromatic N) is 3. The normalized spacial score (nSPS) is 22.6. The zero-order valence-electron chi connectivity index (χ0n) is 12.4. The van der Waals surface area contributed by atoms with Crippen LogP contribution in [-0.4, -0.2) is 21.7 Å². The van der Waals surface area contributed by atoms with Crippen LogP contribution in [0.1, 0.15) is 55.8 Å². The lowest BCUT2D eigenvalue weighted by atomic mass is 9.80. The molecule has 3 rings (SSSR count). The average molecular weight is 306 g/mol. The Hall–Kier alpha value is -1.27. The highest BCUT2D eigenvalue weighted by Crippen LogP contribution is 2.36. The van der Waals surface area contributed by atoms with Crippen molar-refractivity contribution in [2.45, 2.75) is 51.4 Å². The lowest BCUT2D eigenvalue weighted by molar-refractivity contribution is 0.300. The standard InChI is InChI=1S/C15H22N4OS/c1-2-10-4-3-5-11(8-10)14-18-15(20-19-14)12-9-21-13(17-12)6-7-16/h9-11H,2-8,16H2,1H3. The van der Waals surface area contributed by atoms with Crippen molar-refractivity contribution in [2.75, 3.05) is 6.54 Å². The SMILES string of the molecule is CCC1CCCC(c2noc(-c3csc(CCN)n3)n2)C1. The van der Waals surface area contributed by atoms with Gasteiger partial charge in [0.25, 0.3) is 5.89 Å². The number of rotatable bonds is 5. The van der Waals surface area contributed by atoms with E-state index in [1.165, 1.54) is 32.1 Å². The highest BCUT2D eigenvalue weighted by Gasteiger charge is 2.26. The maximum atomic E-state index is 5.55. The Labute approximate surface area is 129 Å². The summed E-state index contributed by atoms with van der Waals surface area (Å²) in [6.07, 6.45) is 7.01. The largest absolute Gasteiger partial charge is 0.332 e. The van der Waals surface area contributed by atoms with Gasteiger partial charge in [0.05, 0.1) is 5.01 Å². The van der Waals surface area contributed by atoms with E-state index in [4.69, 9.17) is 10.3 Å². The summed E-state index contributed by atoms with van der Waals surface area (Å²) >= 11 is 1.60. The molecule has 114 valence electrons. The van der Waals surface area contributed by atoms with Crippen LogP contribution in [0.25, 0.3) is 11.6 Å². The van der Waals surface area contributed by atoms with Crippen molar-refractivity contribution in [2.24, 2.45) is 11.7 Å². The molecule has 0 amide bonds. The molecule has 0 aromatic carbocycles. The topological polar surface area (TPSA) is 77.8 Å². The first-order chi connectivity index (χ1) is 10.3. The molecule has 0 radical (unpaired) electrons. The van der Waals surface area contributed by atoms with Crippen molar-refractivity contribution in [3.63, 3.8) is 0 Å². The smallest absolute Gasteiger partial charge is 0.277 e. The van der Waals surface area contributed by atoms with Gasteiger partial charge in [0.2, 0.25) is 0 Å². The molecule has 2 N–H and O–H groups in total. The Morgan fingerprint density at radius 1 is 1.38 bits per heavy atom. The van der Waals surface area contributed by atoms with Gasteiger partial charge in [-0.1, -0.05) is 31.3 Å². The Bertz CT molecular complexity index is 580. The van der Waals surface area contributed by atoms with Gasteiger partial charge in [0.1, 0.15) is 5.69 Å². The highest BCUT2D eigenvalue weighted by molar-refractivity contribution is 7.09. The van der Waals surface area contributed by atoms with Gasteiger partial charge in [-0.25, -0.2) is 4.98 Å². The quantitative estimate of drug-likeness (QED) is 0.916. The fourth-order valence-corrected chi connectivity index (χ4v) is 3.84. The molecule has 0 spiro atoms. The van der Waals surface area contributed by atoms with Crippen molar-refractivity contribution < 1.29 is 4.52 Å². The maximum absolute atomic E-state index is 5.55. The Kier molecular flexibility index (Phi) is 4.65. The predicted octanol–water partition coefficient (Wildman–Crippen LogP) is 3.38. The summed E-state index contributed by atoms with van der Waals surface area (Å²) in [5.41, 5.74) is 6.33. The number of thiazole rings is 1. The second-order valence-electron chi connectivity index (χ2n) is 5.76. The number of aromatic nitrogens is 3. The molecule has 1 fully saturated rings. The van der Waals surface area contributed by atoms with Crippen LogP contribution in [-0.2, 0) is 6.42 Å². The molecule has 5 nitrogen and oxygen atoms in total. The van der Waals surface area contributed by atoms with Crippen LogP contribution < -0.4 is 5.73 Å². The number of hydrogen-bond acceptors (Lipinski definition) is 6. The monoisotopic (exact) mass is 306 g/mol. The van der Waals surface area contributed by atoms with Crippen LogP contribution in [0.3, 0.4) is 0 Å². The number of hydrogen-bond donors (Lipinski definition) is 1. The molecule has 2 aromatic rings. The van der Waals surface area contributed by atoms with Crippen LogP contribution in [0.2, 0.25) is 0 Å². The van der Waals surface area contributed by atoms with E-state index >= 15 is 0 Å². The lowest BCUT2D eigenvalue weighted by Crippen LogP contribution is -2.14. The van der Waals surface area contributed by atoms with E-state index < -0.39 is 0 Å². The maximum Gasteiger partial charge on any atom is 0.277 e. The Morgan fingerprint density at radius 3 is 3.10 bits per heavy atom. The third-order valence-electron chi connectivity index (χ3n) is 4.30. The van der Waals surface area contributed by atoms with Gasteiger partial charge in [0.15, 0.2) is 5.82 Å². The minimum atomic E-state index is 0.448. The van der Waals surface area contributed by atoms with Gasteiger partial charge < -0.3 is 10.3 Å². The fourth-order valence-electron chi connectivity index (χ4n) is 3.05. The van der Waals surface area contributed by atoms with E-state index in [1.54, 1.807) is 11.3 Å². The molecular weight excluding hydrogens is 284 g/mol. The van der Waals surface area contributed by atoms with Gasteiger partial charge >= 0.3 is 0 Å². The van der Waals surface area contributed by atoms with Gasteiger partial charge in [-0.05, 0) is 25.3 Å². The van der Waals surface area contributed by atoms with Crippen molar-refractivity contribution in [3.05, 3.63) is 16.2 Å². The average Bonchev–Trinajstić information content (AvgIpc) is 3.16. The van der Waals surface area contributed by atoms with Crippen LogP contribution in [0, 0.1) is 5.92 Å². The summed E-state index contributed by atoms with van der Waals surface area (Å²) in [4.78, 5) is 9.08. The van der Waals surface area contributed by atoms with Crippen LogP contribution in [0.15, 0.2) is 9.90 Å². The molecular formula is C15H22N4OS. The lowest BCUT2D eigenvalue weighted by Gasteiger charge is -2.26. The third-order valence-corrected chi connectivity index (χ3v) is 5.20. The minimum Gasteiger partial charge on any atom is -0.332 e. The molecule has 2 unspecified atom stereocenters. The predicted molar refractivity (Wildman–Crippen MR) is 83.2 cm³/mol. The molecule has 1 aliphatic carbocycles. The van der Waals surface area contributed by atoms with E-state index in [0.717, 1.165) is 28.9 Å². The summed E-state index contributed by atoms with van der Waals surface area (Å²) in [7, 11) is 0. The van der Waals surface area contributed by atoms with Crippen molar-refractivity contribution in [3.8, 4) is 11.6 Å². The molecule has 21 heavy (non-hydrogen) atoms. The Morgan fingerprint density at radius 2 is 2.29 bits per heavy atom. The molecule has 2 atom stereocenters. The zero-order valence-corrected chi connectivity index (χ0v) is 13.2. The fraction of sp³-hybridized carbons (Fsp3) is 0.667. The van der Waals surface area contributed by atoms with Crippen LogP contribution in [0.5, 0.6) is 0 Å². The van der Waals surface area contributed by atoms with E-state index in [-0.39, 0.29) is 0 Å². The second-order valence-corrected chi connectivity index (χ2v) is 6.70. The summed E-state index contributed by atoms with van der Waals surface area (Å²) in [6, 6.07) is 0. The van der Waals surface area contributed by atoms with Gasteiger partial charge in [0, 0.05) is 17.7 Å². The van der Waals surface area contributed by atoms with Gasteiger partial charge in [-0.15, -0.1) is 11.3 Å². The number of nitrogens with two attached hydrogens (primary N) is 1. The van der Waals surface area contributed by atoms with Gasteiger partial charge in [-0.3, -0.25) is 0 Å². The first-order valence-corrected chi connectivity index (χ1v) is 8.66. The Balaban J connectivity index is 1.73. The van der Waals surface area contributed by atoms with E-state index in [2.05, 4.69) is 22.0 Å². The molecule has 0 saturated heterocycles. The third kappa shape index (κ3) is 3.32. The molecule has 2 aromatic heterocycles. The van der Waals surface area contributed by atoms with E-state index in [9.17, 15) is 0 Å². The molecule has 6 heteroatoms. The minimum absolute atomic E-state index is 0.448. The molecule has 1 aliphatic rings. The van der Waals surface area contributed by atoms with Crippen LogP contribution >= 0.6 is 11.3 Å². The summed E-state index contributed by atoms with van der Waals surface area (Å²) in [5, 5.41) is 7.19. The molecule has 0 bridgehead atoms. The van der Waals surface area contributed by atoms with Crippen LogP contribution in [0.4, 0.5) is 0 Å². The van der Waals surface area contributed by atoms with Crippen molar-refractivity contribution >= 4 is 11.3 Å².